The summed E-state index contributed by atoms with van der Waals surface area (Å²) in [6.07, 6.45) is 2.48. The lowest BCUT2D eigenvalue weighted by Gasteiger charge is -2.41. The van der Waals surface area contributed by atoms with E-state index in [2.05, 4.69) is 16.0 Å². The summed E-state index contributed by atoms with van der Waals surface area (Å²) in [4.78, 5) is 66.2. The van der Waals surface area contributed by atoms with Crippen LogP contribution in [0.4, 0.5) is 8.78 Å². The number of halogens is 2. The van der Waals surface area contributed by atoms with Crippen LogP contribution >= 0.6 is 0 Å². The molecule has 2 aromatic carbocycles. The SMILES string of the molecule is CCCCC(=O)N[C@@H](CC(N)=O)C(=O)N[C@@H](CCN(C(=O)CO)[C@@H](c1cc(-c2cc(F)ccc2F)cn1Cc1ccccc1)C(C)(C)C)C(=O)NCC. The minimum Gasteiger partial charge on any atom is -0.387 e. The zero-order chi connectivity index (χ0) is 39.3. The van der Waals surface area contributed by atoms with Gasteiger partial charge >= 0.3 is 0 Å². The van der Waals surface area contributed by atoms with E-state index in [1.54, 1.807) is 19.2 Å². The number of aromatic nitrogens is 1. The highest BCUT2D eigenvalue weighted by molar-refractivity contribution is 5.94. The van der Waals surface area contributed by atoms with Gasteiger partial charge in [0, 0.05) is 49.1 Å². The molecule has 12 nitrogen and oxygen atoms in total. The second-order valence-corrected chi connectivity index (χ2v) is 14.0. The molecule has 5 amide bonds. The van der Waals surface area contributed by atoms with Crippen molar-refractivity contribution in [3.05, 3.63) is 83.7 Å². The third-order valence-corrected chi connectivity index (χ3v) is 8.69. The van der Waals surface area contributed by atoms with Crippen LogP contribution in [-0.4, -0.2) is 75.9 Å². The van der Waals surface area contributed by atoms with Crippen molar-refractivity contribution < 1.29 is 37.9 Å². The smallest absolute Gasteiger partial charge is 0.248 e. The first kappa shape index (κ1) is 42.3. The summed E-state index contributed by atoms with van der Waals surface area (Å²) >= 11 is 0. The van der Waals surface area contributed by atoms with Gasteiger partial charge in [-0.1, -0.05) is 64.4 Å². The number of benzene rings is 2. The number of aliphatic hydroxyl groups is 1. The predicted molar refractivity (Wildman–Crippen MR) is 197 cm³/mol. The summed E-state index contributed by atoms with van der Waals surface area (Å²) < 4.78 is 31.3. The molecule has 0 saturated heterocycles. The number of aliphatic hydroxyl groups excluding tert-OH is 1. The molecule has 288 valence electrons. The van der Waals surface area contributed by atoms with Crippen molar-refractivity contribution >= 4 is 29.5 Å². The summed E-state index contributed by atoms with van der Waals surface area (Å²) in [5, 5.41) is 18.0. The Morgan fingerprint density at radius 3 is 2.25 bits per heavy atom. The standard InChI is InChI=1S/C39H52F2N6O6/c1-6-8-14-34(50)44-31(21-33(42)49)38(53)45-30(37(52)43-7-2)17-18-47(35(51)24-48)36(39(3,4)5)32-19-26(28-20-27(40)15-16-29(28)41)23-46(32)22-25-12-10-9-11-13-25/h9-13,15-16,19-20,23,30-31,36,48H,6-8,14,17-18,21-22,24H2,1-5H3,(H2,42,49)(H,43,52)(H,44,50)(H,45,53)/t30-,31-,36-/m0/s1. The van der Waals surface area contributed by atoms with Crippen LogP contribution in [0.15, 0.2) is 60.8 Å². The molecular formula is C39H52F2N6O6. The summed E-state index contributed by atoms with van der Waals surface area (Å²) in [6.45, 7) is 8.76. The van der Waals surface area contributed by atoms with Gasteiger partial charge in [0.15, 0.2) is 0 Å². The maximum Gasteiger partial charge on any atom is 0.248 e. The Morgan fingerprint density at radius 2 is 1.64 bits per heavy atom. The molecule has 0 unspecified atom stereocenters. The molecule has 0 saturated carbocycles. The summed E-state index contributed by atoms with van der Waals surface area (Å²) in [7, 11) is 0. The molecule has 0 aliphatic heterocycles. The van der Waals surface area contributed by atoms with Gasteiger partial charge in [0.05, 0.1) is 12.5 Å². The summed E-state index contributed by atoms with van der Waals surface area (Å²) in [5.74, 6) is -4.60. The maximum absolute atomic E-state index is 15.1. The average Bonchev–Trinajstić information content (AvgIpc) is 3.50. The molecular weight excluding hydrogens is 686 g/mol. The van der Waals surface area contributed by atoms with Gasteiger partial charge in [-0.25, -0.2) is 8.78 Å². The Balaban J connectivity index is 2.07. The first-order valence-electron chi connectivity index (χ1n) is 17.8. The lowest BCUT2D eigenvalue weighted by atomic mass is 9.82. The second-order valence-electron chi connectivity index (χ2n) is 14.0. The molecule has 1 aromatic heterocycles. The van der Waals surface area contributed by atoms with E-state index in [-0.39, 0.29) is 31.5 Å². The number of amides is 5. The zero-order valence-electron chi connectivity index (χ0n) is 31.1. The number of nitrogens with two attached hydrogens (primary N) is 1. The Morgan fingerprint density at radius 1 is 0.943 bits per heavy atom. The van der Waals surface area contributed by atoms with Crippen molar-refractivity contribution in [2.45, 2.75) is 91.4 Å². The van der Waals surface area contributed by atoms with E-state index in [0.29, 0.717) is 24.2 Å². The van der Waals surface area contributed by atoms with Crippen molar-refractivity contribution in [1.82, 2.24) is 25.4 Å². The van der Waals surface area contributed by atoms with Crippen LogP contribution in [0.2, 0.25) is 0 Å². The van der Waals surface area contributed by atoms with Crippen LogP contribution < -0.4 is 21.7 Å². The maximum atomic E-state index is 15.1. The molecule has 3 aromatic rings. The number of carbonyl (C=O) groups is 5. The third kappa shape index (κ3) is 12.2. The van der Waals surface area contributed by atoms with Crippen LogP contribution in [0.1, 0.15) is 84.0 Å². The number of nitrogens with zero attached hydrogens (tertiary/aromatic N) is 2. The molecule has 53 heavy (non-hydrogen) atoms. The Kier molecular flexibility index (Phi) is 15.7. The van der Waals surface area contributed by atoms with Gasteiger partial charge in [-0.3, -0.25) is 24.0 Å². The summed E-state index contributed by atoms with van der Waals surface area (Å²) in [6, 6.07) is 10.9. The molecule has 0 fully saturated rings. The van der Waals surface area contributed by atoms with Crippen LogP contribution in [0.3, 0.4) is 0 Å². The molecule has 1 heterocycles. The molecule has 0 radical (unpaired) electrons. The van der Waals surface area contributed by atoms with Gasteiger partial charge in [-0.2, -0.15) is 0 Å². The van der Waals surface area contributed by atoms with E-state index in [1.165, 1.54) is 4.90 Å². The lowest BCUT2D eigenvalue weighted by molar-refractivity contribution is -0.140. The minimum absolute atomic E-state index is 0.0251. The van der Waals surface area contributed by atoms with E-state index in [0.717, 1.165) is 30.2 Å². The van der Waals surface area contributed by atoms with Gasteiger partial charge < -0.3 is 36.3 Å². The third-order valence-electron chi connectivity index (χ3n) is 8.69. The fourth-order valence-corrected chi connectivity index (χ4v) is 6.22. The van der Waals surface area contributed by atoms with Crippen molar-refractivity contribution in [3.8, 4) is 11.1 Å². The number of unbranched alkanes of at least 4 members (excludes halogenated alkanes) is 1. The average molecular weight is 739 g/mol. The van der Waals surface area contributed by atoms with E-state index in [4.69, 9.17) is 5.73 Å². The normalized spacial score (nSPS) is 13.1. The highest BCUT2D eigenvalue weighted by Crippen LogP contribution is 2.41. The largest absolute Gasteiger partial charge is 0.387 e. The van der Waals surface area contributed by atoms with E-state index in [9.17, 15) is 33.5 Å². The zero-order valence-corrected chi connectivity index (χ0v) is 31.1. The predicted octanol–water partition coefficient (Wildman–Crippen LogP) is 3.95. The number of hydrogen-bond donors (Lipinski definition) is 5. The second kappa shape index (κ2) is 19.6. The molecule has 0 aliphatic carbocycles. The lowest BCUT2D eigenvalue weighted by Crippen LogP contribution is -2.55. The minimum atomic E-state index is -1.34. The van der Waals surface area contributed by atoms with Gasteiger partial charge in [0.2, 0.25) is 29.5 Å². The number of rotatable bonds is 19. The molecule has 3 rings (SSSR count). The van der Waals surface area contributed by atoms with Crippen LogP contribution in [0.5, 0.6) is 0 Å². The first-order valence-corrected chi connectivity index (χ1v) is 17.8. The van der Waals surface area contributed by atoms with Crippen LogP contribution in [0, 0.1) is 17.0 Å². The first-order chi connectivity index (χ1) is 25.1. The highest BCUT2D eigenvalue weighted by atomic mass is 19.1. The fraction of sp³-hybridized carbons (Fsp3) is 0.462. The highest BCUT2D eigenvalue weighted by Gasteiger charge is 2.38. The number of primary amides is 1. The monoisotopic (exact) mass is 738 g/mol. The number of likely N-dealkylation sites (N-methyl/N-ethyl adjacent to an activating group) is 1. The molecule has 3 atom stereocenters. The van der Waals surface area contributed by atoms with Crippen LogP contribution in [0.25, 0.3) is 11.1 Å². The van der Waals surface area contributed by atoms with Crippen LogP contribution in [-0.2, 0) is 30.5 Å². The van der Waals surface area contributed by atoms with Gasteiger partial charge in [-0.05, 0) is 55.0 Å². The fourth-order valence-electron chi connectivity index (χ4n) is 6.22. The van der Waals surface area contributed by atoms with Crippen molar-refractivity contribution in [2.24, 2.45) is 11.1 Å². The molecule has 0 bridgehead atoms. The van der Waals surface area contributed by atoms with E-state index >= 15 is 4.39 Å². The van der Waals surface area contributed by atoms with Crippen molar-refractivity contribution in [1.29, 1.82) is 0 Å². The topological polar surface area (TPSA) is 176 Å². The van der Waals surface area contributed by atoms with Gasteiger partial charge in [-0.15, -0.1) is 0 Å². The number of hydrogen-bond acceptors (Lipinski definition) is 6. The molecule has 14 heteroatoms. The number of carbonyl (C=O) groups excluding carboxylic acids is 5. The molecule has 0 aliphatic rings. The van der Waals surface area contributed by atoms with Crippen molar-refractivity contribution in [3.63, 3.8) is 0 Å². The quantitative estimate of drug-likeness (QED) is 0.125. The number of nitrogens with one attached hydrogen (secondary N) is 3. The van der Waals surface area contributed by atoms with Gasteiger partial charge in [0.25, 0.3) is 0 Å². The summed E-state index contributed by atoms with van der Waals surface area (Å²) in [5.41, 5.74) is 6.49. The molecule has 0 spiro atoms. The Labute approximate surface area is 309 Å². The Bertz CT molecular complexity index is 1720. The van der Waals surface area contributed by atoms with Gasteiger partial charge in [0.1, 0.15) is 30.3 Å². The van der Waals surface area contributed by atoms with Crippen molar-refractivity contribution in [2.75, 3.05) is 19.7 Å². The van der Waals surface area contributed by atoms with E-state index in [1.807, 2.05) is 62.6 Å². The Hall–Kier alpha value is -5.11. The van der Waals surface area contributed by atoms with E-state index < -0.39 is 77.7 Å². The molecule has 6 N–H and O–H groups in total.